The Morgan fingerprint density at radius 3 is 2.83 bits per heavy atom. The molecule has 3 nitrogen and oxygen atoms in total. The Morgan fingerprint density at radius 1 is 1.17 bits per heavy atom. The highest BCUT2D eigenvalue weighted by atomic mass is 16.5. The number of hydrogen-bond donors (Lipinski definition) is 1. The number of nitrogens with one attached hydrogen (secondary N) is 1. The lowest BCUT2D eigenvalue weighted by molar-refractivity contribution is 0.0220. The summed E-state index contributed by atoms with van der Waals surface area (Å²) in [6, 6.07) is 0. The van der Waals surface area contributed by atoms with Crippen LogP contribution < -0.4 is 5.32 Å². The Hall–Kier alpha value is -0.120. The lowest BCUT2D eigenvalue weighted by Crippen LogP contribution is -2.61. The van der Waals surface area contributed by atoms with Crippen LogP contribution in [0.15, 0.2) is 0 Å². The van der Waals surface area contributed by atoms with Gasteiger partial charge in [0, 0.05) is 38.3 Å². The number of nitrogens with zero attached hydrogens (tertiary/aromatic N) is 1. The Labute approximate surface area is 111 Å². The maximum Gasteiger partial charge on any atom is 0.0506 e. The van der Waals surface area contributed by atoms with Gasteiger partial charge in [-0.15, -0.1) is 0 Å². The predicted octanol–water partition coefficient (Wildman–Crippen LogP) is 2.02. The number of ether oxygens (including phenoxy) is 1. The van der Waals surface area contributed by atoms with Crippen molar-refractivity contribution in [1.29, 1.82) is 0 Å². The smallest absolute Gasteiger partial charge is 0.0506 e. The Balaban J connectivity index is 1.52. The van der Waals surface area contributed by atoms with E-state index in [4.69, 9.17) is 4.74 Å². The molecule has 1 aliphatic carbocycles. The van der Waals surface area contributed by atoms with E-state index in [9.17, 15) is 0 Å². The second kappa shape index (κ2) is 5.89. The van der Waals surface area contributed by atoms with Gasteiger partial charge in [0.25, 0.3) is 0 Å². The molecule has 3 aliphatic rings. The van der Waals surface area contributed by atoms with Crippen molar-refractivity contribution in [2.75, 3.05) is 39.4 Å². The van der Waals surface area contributed by atoms with Gasteiger partial charge < -0.3 is 10.1 Å². The summed E-state index contributed by atoms with van der Waals surface area (Å²) < 4.78 is 5.62. The molecule has 1 saturated carbocycles. The first kappa shape index (κ1) is 12.9. The van der Waals surface area contributed by atoms with Gasteiger partial charge in [0.05, 0.1) is 6.61 Å². The molecule has 3 fully saturated rings. The third-order valence-electron chi connectivity index (χ3n) is 5.04. The number of piperazine rings is 1. The summed E-state index contributed by atoms with van der Waals surface area (Å²) in [5.74, 6) is 0.789. The molecule has 2 heterocycles. The maximum absolute atomic E-state index is 5.62. The minimum Gasteiger partial charge on any atom is -0.381 e. The predicted molar refractivity (Wildman–Crippen MR) is 73.8 cm³/mol. The molecule has 1 unspecified atom stereocenters. The average molecular weight is 252 g/mol. The molecule has 3 heteroatoms. The van der Waals surface area contributed by atoms with Crippen LogP contribution >= 0.6 is 0 Å². The number of hydrogen-bond acceptors (Lipinski definition) is 3. The molecule has 0 aromatic rings. The van der Waals surface area contributed by atoms with E-state index in [-0.39, 0.29) is 0 Å². The molecule has 3 rings (SSSR count). The SMILES string of the molecule is C1CCC2(CC1)CN(CC1CCCOC1)CCN2. The molecule has 0 aromatic carbocycles. The molecule has 1 spiro atoms. The van der Waals surface area contributed by atoms with E-state index >= 15 is 0 Å². The van der Waals surface area contributed by atoms with Crippen molar-refractivity contribution in [2.45, 2.75) is 50.5 Å². The number of rotatable bonds is 2. The van der Waals surface area contributed by atoms with E-state index in [1.165, 1.54) is 71.1 Å². The summed E-state index contributed by atoms with van der Waals surface area (Å²) in [7, 11) is 0. The molecule has 1 atom stereocenters. The van der Waals surface area contributed by atoms with Gasteiger partial charge in [-0.05, 0) is 31.6 Å². The zero-order valence-corrected chi connectivity index (χ0v) is 11.6. The molecule has 0 bridgehead atoms. The standard InChI is InChI=1S/C15H28N2O/c1-2-6-15(7-3-1)13-17(9-8-16-15)11-14-5-4-10-18-12-14/h14,16H,1-13H2. The monoisotopic (exact) mass is 252 g/mol. The van der Waals surface area contributed by atoms with Crippen LogP contribution in [-0.4, -0.2) is 49.8 Å². The molecular weight excluding hydrogens is 224 g/mol. The molecule has 0 amide bonds. The normalized spacial score (nSPS) is 33.7. The fraction of sp³-hybridized carbons (Fsp3) is 1.00. The van der Waals surface area contributed by atoms with E-state index in [1.807, 2.05) is 0 Å². The van der Waals surface area contributed by atoms with Gasteiger partial charge in [-0.1, -0.05) is 19.3 Å². The molecule has 0 aromatic heterocycles. The summed E-state index contributed by atoms with van der Waals surface area (Å²) in [6.07, 6.45) is 9.72. The average Bonchev–Trinajstić information content (AvgIpc) is 2.41. The van der Waals surface area contributed by atoms with Gasteiger partial charge >= 0.3 is 0 Å². The quantitative estimate of drug-likeness (QED) is 0.814. The lowest BCUT2D eigenvalue weighted by atomic mass is 9.80. The fourth-order valence-corrected chi connectivity index (χ4v) is 4.08. The molecule has 2 aliphatic heterocycles. The van der Waals surface area contributed by atoms with Crippen molar-refractivity contribution in [1.82, 2.24) is 10.2 Å². The second-order valence-corrected chi connectivity index (χ2v) is 6.59. The molecule has 18 heavy (non-hydrogen) atoms. The Kier molecular flexibility index (Phi) is 4.22. The van der Waals surface area contributed by atoms with Crippen LogP contribution in [0.3, 0.4) is 0 Å². The molecule has 1 N–H and O–H groups in total. The lowest BCUT2D eigenvalue weighted by Gasteiger charge is -2.47. The minimum atomic E-state index is 0.464. The first-order valence-corrected chi connectivity index (χ1v) is 7.91. The van der Waals surface area contributed by atoms with Crippen molar-refractivity contribution in [3.05, 3.63) is 0 Å². The van der Waals surface area contributed by atoms with Crippen LogP contribution in [0.1, 0.15) is 44.9 Å². The third kappa shape index (κ3) is 3.06. The van der Waals surface area contributed by atoms with E-state index in [2.05, 4.69) is 10.2 Å². The first-order valence-electron chi connectivity index (χ1n) is 7.91. The van der Waals surface area contributed by atoms with Crippen LogP contribution in [0.5, 0.6) is 0 Å². The van der Waals surface area contributed by atoms with Gasteiger partial charge in [-0.2, -0.15) is 0 Å². The van der Waals surface area contributed by atoms with Gasteiger partial charge in [-0.3, -0.25) is 4.90 Å². The summed E-state index contributed by atoms with van der Waals surface area (Å²) >= 11 is 0. The molecule has 2 saturated heterocycles. The Morgan fingerprint density at radius 2 is 2.06 bits per heavy atom. The van der Waals surface area contributed by atoms with Gasteiger partial charge in [0.15, 0.2) is 0 Å². The van der Waals surface area contributed by atoms with Gasteiger partial charge in [0.2, 0.25) is 0 Å². The van der Waals surface area contributed by atoms with E-state index < -0.39 is 0 Å². The van der Waals surface area contributed by atoms with Crippen molar-refractivity contribution < 1.29 is 4.74 Å². The van der Waals surface area contributed by atoms with Crippen LogP contribution in [0.2, 0.25) is 0 Å². The van der Waals surface area contributed by atoms with E-state index in [1.54, 1.807) is 0 Å². The summed E-state index contributed by atoms with van der Waals surface area (Å²) in [4.78, 5) is 2.71. The summed E-state index contributed by atoms with van der Waals surface area (Å²) in [5.41, 5.74) is 0.464. The highest BCUT2D eigenvalue weighted by molar-refractivity contribution is 4.96. The van der Waals surface area contributed by atoms with Crippen LogP contribution in [-0.2, 0) is 4.74 Å². The second-order valence-electron chi connectivity index (χ2n) is 6.59. The first-order chi connectivity index (χ1) is 8.86. The van der Waals surface area contributed by atoms with Crippen molar-refractivity contribution in [3.63, 3.8) is 0 Å². The zero-order valence-electron chi connectivity index (χ0n) is 11.6. The van der Waals surface area contributed by atoms with Crippen molar-refractivity contribution in [3.8, 4) is 0 Å². The van der Waals surface area contributed by atoms with E-state index in [0.717, 1.165) is 19.1 Å². The molecule has 0 radical (unpaired) electrons. The van der Waals surface area contributed by atoms with Gasteiger partial charge in [0.1, 0.15) is 0 Å². The van der Waals surface area contributed by atoms with Gasteiger partial charge in [-0.25, -0.2) is 0 Å². The largest absolute Gasteiger partial charge is 0.381 e. The van der Waals surface area contributed by atoms with Crippen molar-refractivity contribution >= 4 is 0 Å². The van der Waals surface area contributed by atoms with E-state index in [0.29, 0.717) is 5.54 Å². The third-order valence-corrected chi connectivity index (χ3v) is 5.04. The minimum absolute atomic E-state index is 0.464. The highest BCUT2D eigenvalue weighted by Gasteiger charge is 2.36. The molecule has 104 valence electrons. The summed E-state index contributed by atoms with van der Waals surface area (Å²) in [5, 5.41) is 3.83. The zero-order chi connectivity index (χ0) is 12.3. The Bertz CT molecular complexity index is 252. The fourth-order valence-electron chi connectivity index (χ4n) is 4.08. The molecular formula is C15H28N2O. The van der Waals surface area contributed by atoms with Crippen LogP contribution in [0.4, 0.5) is 0 Å². The van der Waals surface area contributed by atoms with Crippen LogP contribution in [0, 0.1) is 5.92 Å². The van der Waals surface area contributed by atoms with Crippen molar-refractivity contribution in [2.24, 2.45) is 5.92 Å². The highest BCUT2D eigenvalue weighted by Crippen LogP contribution is 2.31. The van der Waals surface area contributed by atoms with Crippen LogP contribution in [0.25, 0.3) is 0 Å². The maximum atomic E-state index is 5.62. The topological polar surface area (TPSA) is 24.5 Å². The summed E-state index contributed by atoms with van der Waals surface area (Å²) in [6.45, 7) is 6.96.